The van der Waals surface area contributed by atoms with Crippen LogP contribution < -0.4 is 4.43 Å². The molecule has 1 aromatic carbocycles. The standard InChI is InChI=1S/C15H24O3Si/c1-2-3-4-5-6-9-12-19-18-14-11-8-7-10-13(14)15(16)17/h7-8,10-11H,2-6,9,12,19H2,1H3,(H,16,17). The summed E-state index contributed by atoms with van der Waals surface area (Å²) in [5, 5.41) is 9.02. The van der Waals surface area contributed by atoms with Crippen LogP contribution in [0.2, 0.25) is 6.04 Å². The van der Waals surface area contributed by atoms with Crippen molar-refractivity contribution < 1.29 is 14.3 Å². The van der Waals surface area contributed by atoms with Crippen LogP contribution in [0.15, 0.2) is 24.3 Å². The number of hydrogen-bond donors (Lipinski definition) is 1. The maximum absolute atomic E-state index is 11.0. The van der Waals surface area contributed by atoms with Gasteiger partial charge in [-0.1, -0.05) is 57.6 Å². The molecule has 0 aliphatic carbocycles. The second-order valence-corrected chi connectivity index (χ2v) is 6.18. The molecule has 1 N–H and O–H groups in total. The topological polar surface area (TPSA) is 46.5 Å². The van der Waals surface area contributed by atoms with Gasteiger partial charge in [-0.05, 0) is 18.2 Å². The highest BCUT2D eigenvalue weighted by molar-refractivity contribution is 6.28. The van der Waals surface area contributed by atoms with Crippen LogP contribution in [-0.4, -0.2) is 20.8 Å². The highest BCUT2D eigenvalue weighted by Gasteiger charge is 2.09. The molecule has 0 radical (unpaired) electrons. The lowest BCUT2D eigenvalue weighted by Crippen LogP contribution is -2.06. The summed E-state index contributed by atoms with van der Waals surface area (Å²) in [5.74, 6) is -0.378. The molecule has 4 heteroatoms. The third kappa shape index (κ3) is 6.43. The Labute approximate surface area is 117 Å². The van der Waals surface area contributed by atoms with Crippen LogP contribution in [0.25, 0.3) is 0 Å². The molecule has 19 heavy (non-hydrogen) atoms. The molecule has 0 spiro atoms. The van der Waals surface area contributed by atoms with Gasteiger partial charge < -0.3 is 9.53 Å². The molecule has 0 aliphatic heterocycles. The van der Waals surface area contributed by atoms with Crippen LogP contribution in [0.4, 0.5) is 0 Å². The Balaban J connectivity index is 2.17. The van der Waals surface area contributed by atoms with E-state index in [-0.39, 0.29) is 5.56 Å². The molecule has 0 unspecified atom stereocenters. The minimum Gasteiger partial charge on any atom is -0.549 e. The van der Waals surface area contributed by atoms with E-state index in [2.05, 4.69) is 6.92 Å². The quantitative estimate of drug-likeness (QED) is 0.526. The number of rotatable bonds is 10. The Morgan fingerprint density at radius 1 is 1.16 bits per heavy atom. The van der Waals surface area contributed by atoms with E-state index in [9.17, 15) is 4.79 Å². The molecule has 1 aromatic rings. The van der Waals surface area contributed by atoms with Crippen LogP contribution >= 0.6 is 0 Å². The van der Waals surface area contributed by atoms with Crippen molar-refractivity contribution in [2.24, 2.45) is 0 Å². The van der Waals surface area contributed by atoms with Gasteiger partial charge in [-0.3, -0.25) is 0 Å². The molecule has 0 aliphatic rings. The molecule has 0 aromatic heterocycles. The Kier molecular flexibility index (Phi) is 7.98. The van der Waals surface area contributed by atoms with Gasteiger partial charge in [-0.15, -0.1) is 0 Å². The molecule has 0 amide bonds. The average Bonchev–Trinajstić information content (AvgIpc) is 2.42. The number of carbonyl (C=O) groups is 1. The minimum atomic E-state index is -0.913. The predicted octanol–water partition coefficient (Wildman–Crippen LogP) is 3.63. The van der Waals surface area contributed by atoms with Crippen LogP contribution in [0.3, 0.4) is 0 Å². The van der Waals surface area contributed by atoms with Gasteiger partial charge in [0, 0.05) is 0 Å². The zero-order chi connectivity index (χ0) is 13.9. The van der Waals surface area contributed by atoms with E-state index >= 15 is 0 Å². The monoisotopic (exact) mass is 280 g/mol. The zero-order valence-electron chi connectivity index (χ0n) is 11.7. The van der Waals surface area contributed by atoms with Gasteiger partial charge >= 0.3 is 5.97 Å². The van der Waals surface area contributed by atoms with E-state index in [1.165, 1.54) is 38.5 Å². The van der Waals surface area contributed by atoms with Crippen molar-refractivity contribution in [2.75, 3.05) is 0 Å². The second kappa shape index (κ2) is 9.61. The first-order chi connectivity index (χ1) is 9.25. The fourth-order valence-electron chi connectivity index (χ4n) is 2.01. The number of carboxylic acids is 1. The normalized spacial score (nSPS) is 11.0. The van der Waals surface area contributed by atoms with Crippen molar-refractivity contribution in [2.45, 2.75) is 51.5 Å². The molecular weight excluding hydrogens is 256 g/mol. The van der Waals surface area contributed by atoms with E-state index in [1.54, 1.807) is 18.2 Å². The van der Waals surface area contributed by atoms with Crippen molar-refractivity contribution in [1.82, 2.24) is 0 Å². The molecular formula is C15H24O3Si. The van der Waals surface area contributed by atoms with Crippen LogP contribution in [0, 0.1) is 0 Å². The third-order valence-electron chi connectivity index (χ3n) is 3.12. The number of carboxylic acid groups (broad SMARTS) is 1. The van der Waals surface area contributed by atoms with E-state index in [0.29, 0.717) is 5.75 Å². The maximum atomic E-state index is 11.0. The van der Waals surface area contributed by atoms with Crippen molar-refractivity contribution in [1.29, 1.82) is 0 Å². The van der Waals surface area contributed by atoms with Crippen molar-refractivity contribution in [3.05, 3.63) is 29.8 Å². The Bertz CT molecular complexity index is 379. The first-order valence-corrected chi connectivity index (χ1v) is 8.78. The van der Waals surface area contributed by atoms with Crippen LogP contribution in [0.5, 0.6) is 5.75 Å². The van der Waals surface area contributed by atoms with Gasteiger partial charge in [0.05, 0.1) is 5.56 Å². The van der Waals surface area contributed by atoms with E-state index in [0.717, 1.165) is 6.04 Å². The third-order valence-corrected chi connectivity index (χ3v) is 4.43. The molecule has 0 bridgehead atoms. The van der Waals surface area contributed by atoms with Crippen molar-refractivity contribution in [3.63, 3.8) is 0 Å². The fourth-order valence-corrected chi connectivity index (χ4v) is 3.18. The first-order valence-electron chi connectivity index (χ1n) is 7.20. The predicted molar refractivity (Wildman–Crippen MR) is 80.8 cm³/mol. The van der Waals surface area contributed by atoms with Crippen molar-refractivity contribution in [3.8, 4) is 5.75 Å². The SMILES string of the molecule is CCCCCCCC[SiH2]Oc1ccccc1C(=O)O. The van der Waals surface area contributed by atoms with Gasteiger partial charge in [0.2, 0.25) is 9.76 Å². The van der Waals surface area contributed by atoms with Gasteiger partial charge in [0.1, 0.15) is 5.75 Å². The summed E-state index contributed by atoms with van der Waals surface area (Å²) in [7, 11) is -0.643. The van der Waals surface area contributed by atoms with Gasteiger partial charge in [-0.2, -0.15) is 0 Å². The smallest absolute Gasteiger partial charge is 0.339 e. The number of para-hydroxylation sites is 1. The summed E-state index contributed by atoms with van der Waals surface area (Å²) in [4.78, 5) is 11.0. The Morgan fingerprint density at radius 2 is 1.84 bits per heavy atom. The van der Waals surface area contributed by atoms with Crippen LogP contribution in [0.1, 0.15) is 55.8 Å². The zero-order valence-corrected chi connectivity index (χ0v) is 13.1. The summed E-state index contributed by atoms with van der Waals surface area (Å²) in [6.07, 6.45) is 7.75. The van der Waals surface area contributed by atoms with E-state index < -0.39 is 15.7 Å². The van der Waals surface area contributed by atoms with Crippen LogP contribution in [-0.2, 0) is 0 Å². The number of benzene rings is 1. The second-order valence-electron chi connectivity index (χ2n) is 4.77. The summed E-state index contributed by atoms with van der Waals surface area (Å²) >= 11 is 0. The highest BCUT2D eigenvalue weighted by atomic mass is 28.2. The lowest BCUT2D eigenvalue weighted by Gasteiger charge is -2.08. The number of unbranched alkanes of at least 4 members (excludes halogenated alkanes) is 5. The van der Waals surface area contributed by atoms with E-state index in [1.807, 2.05) is 6.07 Å². The minimum absolute atomic E-state index is 0.276. The number of hydrogen-bond acceptors (Lipinski definition) is 2. The highest BCUT2D eigenvalue weighted by Crippen LogP contribution is 2.18. The first kappa shape index (κ1) is 15.8. The molecule has 3 nitrogen and oxygen atoms in total. The summed E-state index contributed by atoms with van der Waals surface area (Å²) in [6.45, 7) is 2.22. The average molecular weight is 280 g/mol. The van der Waals surface area contributed by atoms with Crippen molar-refractivity contribution >= 4 is 15.7 Å². The molecule has 0 atom stereocenters. The van der Waals surface area contributed by atoms with Gasteiger partial charge in [-0.25, -0.2) is 4.79 Å². The summed E-state index contributed by atoms with van der Waals surface area (Å²) in [6, 6.07) is 8.01. The van der Waals surface area contributed by atoms with E-state index in [4.69, 9.17) is 9.53 Å². The molecule has 106 valence electrons. The lowest BCUT2D eigenvalue weighted by molar-refractivity contribution is 0.0695. The fraction of sp³-hybridized carbons (Fsp3) is 0.533. The summed E-state index contributed by atoms with van der Waals surface area (Å²) in [5.41, 5.74) is 0.276. The Hall–Kier alpha value is -1.29. The van der Waals surface area contributed by atoms with Gasteiger partial charge in [0.25, 0.3) is 0 Å². The maximum Gasteiger partial charge on any atom is 0.339 e. The van der Waals surface area contributed by atoms with Gasteiger partial charge in [0.15, 0.2) is 0 Å². The molecule has 0 saturated carbocycles. The molecule has 0 fully saturated rings. The largest absolute Gasteiger partial charge is 0.549 e. The number of aromatic carboxylic acids is 1. The Morgan fingerprint density at radius 3 is 2.58 bits per heavy atom. The molecule has 1 rings (SSSR count). The summed E-state index contributed by atoms with van der Waals surface area (Å²) < 4.78 is 5.68. The molecule has 0 heterocycles. The molecule has 0 saturated heterocycles. The lowest BCUT2D eigenvalue weighted by atomic mass is 10.1.